The second kappa shape index (κ2) is 7.41. The minimum Gasteiger partial charge on any atom is -0.0651 e. The average molecular weight is 183 g/mol. The van der Waals surface area contributed by atoms with Crippen molar-refractivity contribution in [1.29, 1.82) is 0 Å². The number of hydrogen-bond donors (Lipinski definition) is 0. The van der Waals surface area contributed by atoms with Gasteiger partial charge in [0.05, 0.1) is 0 Å². The maximum atomic E-state index is 2.36. The molecule has 0 aliphatic carbocycles. The predicted molar refractivity (Wildman–Crippen MR) is 61.7 cm³/mol. The van der Waals surface area contributed by atoms with Crippen LogP contribution in [0.25, 0.3) is 0 Å². The monoisotopic (exact) mass is 183 g/mol. The highest BCUT2D eigenvalue weighted by atomic mass is 14.1. The molecule has 2 unspecified atom stereocenters. The van der Waals surface area contributed by atoms with Crippen molar-refractivity contribution in [2.24, 2.45) is 11.8 Å². The lowest BCUT2D eigenvalue weighted by Gasteiger charge is -2.17. The zero-order valence-electron chi connectivity index (χ0n) is 10.2. The van der Waals surface area contributed by atoms with Crippen LogP contribution in [0.2, 0.25) is 0 Å². The van der Waals surface area contributed by atoms with E-state index >= 15 is 0 Å². The van der Waals surface area contributed by atoms with Crippen LogP contribution in [-0.4, -0.2) is 0 Å². The van der Waals surface area contributed by atoms with Crippen LogP contribution in [0.5, 0.6) is 0 Å². The van der Waals surface area contributed by atoms with Crippen LogP contribution in [0.15, 0.2) is 0 Å². The van der Waals surface area contributed by atoms with Crippen LogP contribution in [0.4, 0.5) is 0 Å². The first-order valence-corrected chi connectivity index (χ1v) is 5.91. The Labute approximate surface area is 85.1 Å². The summed E-state index contributed by atoms with van der Waals surface area (Å²) in [5, 5.41) is 0. The van der Waals surface area contributed by atoms with Crippen molar-refractivity contribution in [2.75, 3.05) is 0 Å². The lowest BCUT2D eigenvalue weighted by molar-refractivity contribution is 0.459. The summed E-state index contributed by atoms with van der Waals surface area (Å²) < 4.78 is 0. The van der Waals surface area contributed by atoms with E-state index in [0.717, 1.165) is 11.8 Å². The zero-order valence-corrected chi connectivity index (χ0v) is 10.2. The highest BCUT2D eigenvalue weighted by Gasteiger charge is 2.09. The van der Waals surface area contributed by atoms with E-state index in [1.54, 1.807) is 5.92 Å². The van der Waals surface area contributed by atoms with E-state index < -0.39 is 0 Å². The molecule has 0 nitrogen and oxygen atoms in total. The van der Waals surface area contributed by atoms with Gasteiger partial charge in [-0.1, -0.05) is 53.9 Å². The molecule has 0 aromatic rings. The fraction of sp³-hybridized carbons (Fsp3) is 0.923. The molecule has 0 bridgehead atoms. The van der Waals surface area contributed by atoms with Crippen LogP contribution in [0, 0.1) is 17.8 Å². The topological polar surface area (TPSA) is 0 Å². The largest absolute Gasteiger partial charge is 0.0651 e. The molecule has 79 valence electrons. The Balaban J connectivity index is 3.45. The number of hydrogen-bond acceptors (Lipinski definition) is 0. The van der Waals surface area contributed by atoms with Crippen molar-refractivity contribution in [1.82, 2.24) is 0 Å². The molecule has 1 radical (unpaired) electrons. The molecule has 0 saturated carbocycles. The van der Waals surface area contributed by atoms with Gasteiger partial charge < -0.3 is 0 Å². The SMILES string of the molecule is CCC(C)CC[C](C)CC(C)CC. The molecule has 0 heteroatoms. The zero-order chi connectivity index (χ0) is 10.3. The Kier molecular flexibility index (Phi) is 7.41. The molecule has 13 heavy (non-hydrogen) atoms. The summed E-state index contributed by atoms with van der Waals surface area (Å²) in [6.45, 7) is 11.6. The van der Waals surface area contributed by atoms with E-state index in [1.165, 1.54) is 32.1 Å². The highest BCUT2D eigenvalue weighted by molar-refractivity contribution is 4.85. The molecule has 2 atom stereocenters. The van der Waals surface area contributed by atoms with Gasteiger partial charge in [0.25, 0.3) is 0 Å². The third kappa shape index (κ3) is 7.10. The average Bonchev–Trinajstić information content (AvgIpc) is 2.13. The fourth-order valence-electron chi connectivity index (χ4n) is 1.54. The fourth-order valence-corrected chi connectivity index (χ4v) is 1.54. The molecule has 0 rings (SSSR count). The van der Waals surface area contributed by atoms with Gasteiger partial charge in [-0.3, -0.25) is 0 Å². The van der Waals surface area contributed by atoms with E-state index in [1.807, 2.05) is 0 Å². The predicted octanol–water partition coefficient (Wildman–Crippen LogP) is 4.84. The van der Waals surface area contributed by atoms with Crippen molar-refractivity contribution in [2.45, 2.75) is 66.7 Å². The van der Waals surface area contributed by atoms with Crippen LogP contribution in [0.1, 0.15) is 66.7 Å². The van der Waals surface area contributed by atoms with Gasteiger partial charge >= 0.3 is 0 Å². The Morgan fingerprint density at radius 3 is 2.00 bits per heavy atom. The summed E-state index contributed by atoms with van der Waals surface area (Å²) in [5.74, 6) is 3.50. The maximum Gasteiger partial charge on any atom is -0.0269 e. The van der Waals surface area contributed by atoms with Crippen LogP contribution in [0.3, 0.4) is 0 Å². The molecule has 0 aliphatic heterocycles. The highest BCUT2D eigenvalue weighted by Crippen LogP contribution is 2.23. The third-order valence-corrected chi connectivity index (χ3v) is 3.15. The van der Waals surface area contributed by atoms with Gasteiger partial charge in [0.15, 0.2) is 0 Å². The van der Waals surface area contributed by atoms with Gasteiger partial charge in [-0.05, 0) is 30.6 Å². The standard InChI is InChI=1S/C13H27/c1-6-11(3)8-9-13(5)10-12(4)7-2/h11-12H,6-10H2,1-5H3. The van der Waals surface area contributed by atoms with Crippen molar-refractivity contribution in [3.05, 3.63) is 5.92 Å². The summed E-state index contributed by atoms with van der Waals surface area (Å²) in [5.41, 5.74) is 0. The molecule has 0 saturated heterocycles. The van der Waals surface area contributed by atoms with Crippen molar-refractivity contribution < 1.29 is 0 Å². The van der Waals surface area contributed by atoms with E-state index in [4.69, 9.17) is 0 Å². The van der Waals surface area contributed by atoms with Crippen LogP contribution >= 0.6 is 0 Å². The molecule has 0 heterocycles. The van der Waals surface area contributed by atoms with E-state index in [2.05, 4.69) is 34.6 Å². The van der Waals surface area contributed by atoms with Crippen LogP contribution in [-0.2, 0) is 0 Å². The Morgan fingerprint density at radius 2 is 1.54 bits per heavy atom. The Hall–Kier alpha value is 0. The van der Waals surface area contributed by atoms with Gasteiger partial charge in [-0.15, -0.1) is 0 Å². The van der Waals surface area contributed by atoms with Gasteiger partial charge in [0.2, 0.25) is 0 Å². The minimum atomic E-state index is 0.886. The third-order valence-electron chi connectivity index (χ3n) is 3.15. The Bertz CT molecular complexity index is 107. The smallest absolute Gasteiger partial charge is 0.0269 e. The van der Waals surface area contributed by atoms with E-state index in [0.29, 0.717) is 0 Å². The molecule has 0 amide bonds. The van der Waals surface area contributed by atoms with Gasteiger partial charge in [0.1, 0.15) is 0 Å². The van der Waals surface area contributed by atoms with E-state index in [-0.39, 0.29) is 0 Å². The summed E-state index contributed by atoms with van der Waals surface area (Å²) >= 11 is 0. The first kappa shape index (κ1) is 13.0. The molecule has 0 fully saturated rings. The second-order valence-corrected chi connectivity index (χ2v) is 4.73. The number of rotatable bonds is 7. The summed E-state index contributed by atoms with van der Waals surface area (Å²) in [4.78, 5) is 0. The lowest BCUT2D eigenvalue weighted by Crippen LogP contribution is -2.02. The maximum absolute atomic E-state index is 2.36. The van der Waals surface area contributed by atoms with Crippen molar-refractivity contribution in [3.63, 3.8) is 0 Å². The molecule has 0 N–H and O–H groups in total. The minimum absolute atomic E-state index is 0.886. The van der Waals surface area contributed by atoms with Gasteiger partial charge in [-0.2, -0.15) is 0 Å². The Morgan fingerprint density at radius 1 is 1.00 bits per heavy atom. The summed E-state index contributed by atoms with van der Waals surface area (Å²) in [6, 6.07) is 0. The van der Waals surface area contributed by atoms with Gasteiger partial charge in [0, 0.05) is 0 Å². The molecule has 0 aliphatic rings. The molecular formula is C13H27. The molecular weight excluding hydrogens is 156 g/mol. The van der Waals surface area contributed by atoms with Crippen molar-refractivity contribution in [3.8, 4) is 0 Å². The normalized spacial score (nSPS) is 16.2. The quantitative estimate of drug-likeness (QED) is 0.529. The van der Waals surface area contributed by atoms with Crippen LogP contribution < -0.4 is 0 Å². The first-order chi connectivity index (χ1) is 6.10. The molecule has 0 aromatic heterocycles. The van der Waals surface area contributed by atoms with E-state index in [9.17, 15) is 0 Å². The summed E-state index contributed by atoms with van der Waals surface area (Å²) in [7, 11) is 0. The lowest BCUT2D eigenvalue weighted by atomic mass is 9.89. The first-order valence-electron chi connectivity index (χ1n) is 5.91. The van der Waals surface area contributed by atoms with Gasteiger partial charge in [-0.25, -0.2) is 0 Å². The molecule has 0 spiro atoms. The second-order valence-electron chi connectivity index (χ2n) is 4.73. The van der Waals surface area contributed by atoms with Crippen molar-refractivity contribution >= 4 is 0 Å². The molecule has 0 aromatic carbocycles. The summed E-state index contributed by atoms with van der Waals surface area (Å²) in [6.07, 6.45) is 6.72.